The molecule has 3 rings (SSSR count). The predicted octanol–water partition coefficient (Wildman–Crippen LogP) is 2.49. The number of hydrogen-bond donors (Lipinski definition) is 1. The lowest BCUT2D eigenvalue weighted by Gasteiger charge is -2.33. The first-order valence-electron chi connectivity index (χ1n) is 8.62. The highest BCUT2D eigenvalue weighted by Gasteiger charge is 2.20. The number of anilines is 1. The van der Waals surface area contributed by atoms with Gasteiger partial charge in [-0.15, -0.1) is 0 Å². The molecule has 25 heavy (non-hydrogen) atoms. The van der Waals surface area contributed by atoms with E-state index >= 15 is 0 Å². The van der Waals surface area contributed by atoms with Crippen LogP contribution in [0.3, 0.4) is 0 Å². The lowest BCUT2D eigenvalue weighted by Crippen LogP contribution is -2.43. The number of rotatable bonds is 6. The summed E-state index contributed by atoms with van der Waals surface area (Å²) < 4.78 is 0. The van der Waals surface area contributed by atoms with Crippen LogP contribution in [0.1, 0.15) is 24.1 Å². The van der Waals surface area contributed by atoms with Gasteiger partial charge in [0.25, 0.3) is 0 Å². The van der Waals surface area contributed by atoms with E-state index in [1.54, 1.807) is 12.3 Å². The first kappa shape index (κ1) is 17.3. The summed E-state index contributed by atoms with van der Waals surface area (Å²) >= 11 is 0. The average Bonchev–Trinajstić information content (AvgIpc) is 2.64. The van der Waals surface area contributed by atoms with E-state index in [-0.39, 0.29) is 5.82 Å². The van der Waals surface area contributed by atoms with Gasteiger partial charge in [-0.1, -0.05) is 6.07 Å². The molecule has 7 nitrogen and oxygen atoms in total. The van der Waals surface area contributed by atoms with Crippen LogP contribution >= 0.6 is 0 Å². The molecule has 7 heteroatoms. The van der Waals surface area contributed by atoms with Crippen LogP contribution in [-0.2, 0) is 6.42 Å². The van der Waals surface area contributed by atoms with Gasteiger partial charge in [-0.2, -0.15) is 0 Å². The van der Waals surface area contributed by atoms with Crippen LogP contribution in [0.2, 0.25) is 0 Å². The first-order chi connectivity index (χ1) is 12.1. The molecule has 0 spiro atoms. The fourth-order valence-corrected chi connectivity index (χ4v) is 3.08. The van der Waals surface area contributed by atoms with Crippen molar-refractivity contribution in [2.24, 2.45) is 0 Å². The van der Waals surface area contributed by atoms with Gasteiger partial charge >= 0.3 is 5.82 Å². The standard InChI is InChI=1S/C18H23N5O2/c1-14-2-3-15(12-20-14)6-9-19-16-7-10-22(11-8-16)17-4-5-18(21-13-17)23(24)25/h2-5,12-13,16,19H,6-11H2,1H3. The summed E-state index contributed by atoms with van der Waals surface area (Å²) in [7, 11) is 0. The number of aryl methyl sites for hydroxylation is 1. The molecule has 1 N–H and O–H groups in total. The lowest BCUT2D eigenvalue weighted by molar-refractivity contribution is -0.389. The quantitative estimate of drug-likeness (QED) is 0.642. The van der Waals surface area contributed by atoms with Crippen LogP contribution in [0, 0.1) is 17.0 Å². The van der Waals surface area contributed by atoms with Gasteiger partial charge in [0.15, 0.2) is 6.20 Å². The van der Waals surface area contributed by atoms with Crippen molar-refractivity contribution in [1.29, 1.82) is 0 Å². The Labute approximate surface area is 147 Å². The zero-order valence-corrected chi connectivity index (χ0v) is 14.4. The monoisotopic (exact) mass is 341 g/mol. The summed E-state index contributed by atoms with van der Waals surface area (Å²) in [6, 6.07) is 7.94. The van der Waals surface area contributed by atoms with Gasteiger partial charge in [-0.05, 0) is 60.3 Å². The van der Waals surface area contributed by atoms with Crippen molar-refractivity contribution in [3.63, 3.8) is 0 Å². The van der Waals surface area contributed by atoms with Crippen molar-refractivity contribution in [2.45, 2.75) is 32.2 Å². The van der Waals surface area contributed by atoms with Crippen LogP contribution in [0.25, 0.3) is 0 Å². The fourth-order valence-electron chi connectivity index (χ4n) is 3.08. The predicted molar refractivity (Wildman–Crippen MR) is 96.8 cm³/mol. The van der Waals surface area contributed by atoms with Crippen molar-refractivity contribution in [3.8, 4) is 0 Å². The van der Waals surface area contributed by atoms with Crippen LogP contribution < -0.4 is 10.2 Å². The second-order valence-electron chi connectivity index (χ2n) is 6.40. The molecule has 0 saturated carbocycles. The molecule has 2 aromatic heterocycles. The molecule has 0 unspecified atom stereocenters. The minimum atomic E-state index is -0.469. The second-order valence-corrected chi connectivity index (χ2v) is 6.40. The topological polar surface area (TPSA) is 84.2 Å². The van der Waals surface area contributed by atoms with Gasteiger partial charge in [0.2, 0.25) is 0 Å². The summed E-state index contributed by atoms with van der Waals surface area (Å²) in [4.78, 5) is 20.7. The van der Waals surface area contributed by atoms with Crippen molar-refractivity contribution in [2.75, 3.05) is 24.5 Å². The SMILES string of the molecule is Cc1ccc(CCNC2CCN(c3ccc([N+](=O)[O-])nc3)CC2)cn1. The molecule has 2 aromatic rings. The molecule has 0 aromatic carbocycles. The van der Waals surface area contributed by atoms with E-state index in [9.17, 15) is 10.1 Å². The second kappa shape index (κ2) is 8.02. The molecule has 0 bridgehead atoms. The van der Waals surface area contributed by atoms with E-state index in [4.69, 9.17) is 0 Å². The summed E-state index contributed by atoms with van der Waals surface area (Å²) in [6.45, 7) is 4.82. The van der Waals surface area contributed by atoms with E-state index in [2.05, 4.69) is 26.3 Å². The molecule has 1 aliphatic heterocycles. The molecular weight excluding hydrogens is 318 g/mol. The fraction of sp³-hybridized carbons (Fsp3) is 0.444. The molecule has 132 valence electrons. The Morgan fingerprint density at radius 3 is 2.60 bits per heavy atom. The highest BCUT2D eigenvalue weighted by atomic mass is 16.6. The Hall–Kier alpha value is -2.54. The first-order valence-corrected chi connectivity index (χ1v) is 8.62. The van der Waals surface area contributed by atoms with E-state index < -0.39 is 4.92 Å². The third kappa shape index (κ3) is 4.73. The summed E-state index contributed by atoms with van der Waals surface area (Å²) in [5, 5.41) is 14.3. The normalized spacial score (nSPS) is 15.3. The Balaban J connectivity index is 1.42. The largest absolute Gasteiger partial charge is 0.368 e. The molecular formula is C18H23N5O2. The third-order valence-electron chi connectivity index (χ3n) is 4.60. The molecule has 0 radical (unpaired) electrons. The van der Waals surface area contributed by atoms with Gasteiger partial charge < -0.3 is 20.3 Å². The van der Waals surface area contributed by atoms with Gasteiger partial charge in [0.1, 0.15) is 0 Å². The van der Waals surface area contributed by atoms with E-state index in [1.807, 2.05) is 19.2 Å². The number of nitrogens with one attached hydrogen (secondary N) is 1. The van der Waals surface area contributed by atoms with Crippen LogP contribution in [-0.4, -0.2) is 40.6 Å². The van der Waals surface area contributed by atoms with E-state index in [0.29, 0.717) is 6.04 Å². The van der Waals surface area contributed by atoms with Crippen molar-refractivity contribution in [3.05, 3.63) is 58.0 Å². The van der Waals surface area contributed by atoms with E-state index in [0.717, 1.165) is 50.3 Å². The summed E-state index contributed by atoms with van der Waals surface area (Å²) in [5.41, 5.74) is 3.26. The Morgan fingerprint density at radius 1 is 1.20 bits per heavy atom. The molecule has 1 aliphatic rings. The van der Waals surface area contributed by atoms with Crippen LogP contribution in [0.15, 0.2) is 36.7 Å². The highest BCUT2D eigenvalue weighted by Crippen LogP contribution is 2.21. The minimum absolute atomic E-state index is 0.106. The van der Waals surface area contributed by atoms with Crippen LogP contribution in [0.5, 0.6) is 0 Å². The smallest absolute Gasteiger partial charge is 0.363 e. The van der Waals surface area contributed by atoms with Crippen molar-refractivity contribution < 1.29 is 4.92 Å². The number of piperidine rings is 1. The molecule has 1 saturated heterocycles. The maximum atomic E-state index is 10.7. The zero-order chi connectivity index (χ0) is 17.6. The number of hydrogen-bond acceptors (Lipinski definition) is 6. The Bertz CT molecular complexity index is 694. The highest BCUT2D eigenvalue weighted by molar-refractivity contribution is 5.46. The lowest BCUT2D eigenvalue weighted by atomic mass is 10.0. The van der Waals surface area contributed by atoms with Crippen molar-refractivity contribution in [1.82, 2.24) is 15.3 Å². The minimum Gasteiger partial charge on any atom is -0.368 e. The molecule has 0 atom stereocenters. The molecule has 1 fully saturated rings. The summed E-state index contributed by atoms with van der Waals surface area (Å²) in [6.07, 6.45) is 6.64. The van der Waals surface area contributed by atoms with E-state index in [1.165, 1.54) is 11.6 Å². The number of aromatic nitrogens is 2. The molecule has 0 aliphatic carbocycles. The number of pyridine rings is 2. The van der Waals surface area contributed by atoms with Gasteiger partial charge in [0.05, 0.1) is 5.69 Å². The number of nitrogens with zero attached hydrogens (tertiary/aromatic N) is 4. The molecule has 0 amide bonds. The zero-order valence-electron chi connectivity index (χ0n) is 14.4. The van der Waals surface area contributed by atoms with Crippen LogP contribution in [0.4, 0.5) is 11.5 Å². The maximum absolute atomic E-state index is 10.7. The van der Waals surface area contributed by atoms with Gasteiger partial charge in [-0.25, -0.2) is 0 Å². The third-order valence-corrected chi connectivity index (χ3v) is 4.60. The molecule has 3 heterocycles. The average molecular weight is 341 g/mol. The number of nitro groups is 1. The van der Waals surface area contributed by atoms with Crippen molar-refractivity contribution >= 4 is 11.5 Å². The van der Waals surface area contributed by atoms with Gasteiger partial charge in [0, 0.05) is 37.1 Å². The Morgan fingerprint density at radius 2 is 2.00 bits per heavy atom. The Kier molecular flexibility index (Phi) is 5.55. The summed E-state index contributed by atoms with van der Waals surface area (Å²) in [5.74, 6) is -0.106. The van der Waals surface area contributed by atoms with Gasteiger partial charge in [-0.3, -0.25) is 4.98 Å². The maximum Gasteiger partial charge on any atom is 0.363 e.